The van der Waals surface area contributed by atoms with Gasteiger partial charge in [-0.3, -0.25) is 14.4 Å². The van der Waals surface area contributed by atoms with Crippen LogP contribution in [0.1, 0.15) is 24.8 Å². The molecule has 0 bridgehead atoms. The molecule has 152 valence electrons. The number of nitrogens with two attached hydrogens (primary N) is 1. The first-order valence-corrected chi connectivity index (χ1v) is 9.63. The van der Waals surface area contributed by atoms with E-state index in [1.54, 1.807) is 18.2 Å². The second-order valence-corrected chi connectivity index (χ2v) is 7.39. The monoisotopic (exact) mass is 395 g/mol. The van der Waals surface area contributed by atoms with Gasteiger partial charge < -0.3 is 21.1 Å². The van der Waals surface area contributed by atoms with Gasteiger partial charge in [0.25, 0.3) is 0 Å². The van der Waals surface area contributed by atoms with E-state index in [1.165, 1.54) is 0 Å². The lowest BCUT2D eigenvalue weighted by atomic mass is 10.0. The Morgan fingerprint density at radius 2 is 1.76 bits per heavy atom. The molecule has 0 radical (unpaired) electrons. The molecule has 7 nitrogen and oxygen atoms in total. The minimum Gasteiger partial charge on any atom is -0.481 e. The molecule has 0 unspecified atom stereocenters. The lowest BCUT2D eigenvalue weighted by Crippen LogP contribution is -2.33. The highest BCUT2D eigenvalue weighted by Crippen LogP contribution is 2.32. The third-order valence-electron chi connectivity index (χ3n) is 5.19. The van der Waals surface area contributed by atoms with Crippen LogP contribution in [0.25, 0.3) is 0 Å². The Balaban J connectivity index is 1.71. The summed E-state index contributed by atoms with van der Waals surface area (Å²) in [4.78, 5) is 37.1. The smallest absolute Gasteiger partial charge is 0.306 e. The maximum Gasteiger partial charge on any atom is 0.306 e. The molecular weight excluding hydrogens is 370 g/mol. The van der Waals surface area contributed by atoms with Crippen LogP contribution in [0, 0.1) is 11.8 Å². The van der Waals surface area contributed by atoms with Crippen molar-refractivity contribution in [2.45, 2.75) is 25.8 Å². The molecule has 4 N–H and O–H groups in total. The molecule has 2 atom stereocenters. The third kappa shape index (κ3) is 5.57. The van der Waals surface area contributed by atoms with Crippen molar-refractivity contribution in [2.24, 2.45) is 17.6 Å². The SMILES string of the molecule is NC(=O)CN(Cc1ccccc1)c1cccc(NC(=O)[C@@H]2CC[C@H](C(=O)O)C2)c1. The molecule has 1 aliphatic rings. The molecule has 0 aliphatic heterocycles. The molecule has 1 saturated carbocycles. The van der Waals surface area contributed by atoms with E-state index >= 15 is 0 Å². The minimum atomic E-state index is -0.842. The fourth-order valence-electron chi connectivity index (χ4n) is 3.70. The zero-order valence-corrected chi connectivity index (χ0v) is 16.1. The van der Waals surface area contributed by atoms with Gasteiger partial charge in [-0.15, -0.1) is 0 Å². The van der Waals surface area contributed by atoms with Gasteiger partial charge in [0.1, 0.15) is 0 Å². The molecule has 0 heterocycles. The second-order valence-electron chi connectivity index (χ2n) is 7.39. The number of nitrogens with one attached hydrogen (secondary N) is 1. The minimum absolute atomic E-state index is 0.0508. The molecular formula is C22H25N3O4. The molecule has 29 heavy (non-hydrogen) atoms. The lowest BCUT2D eigenvalue weighted by molar-refractivity contribution is -0.141. The van der Waals surface area contributed by atoms with Crippen LogP contribution >= 0.6 is 0 Å². The molecule has 2 aromatic rings. The summed E-state index contributed by atoms with van der Waals surface area (Å²) < 4.78 is 0. The van der Waals surface area contributed by atoms with Gasteiger partial charge in [-0.05, 0) is 43.0 Å². The second kappa shape index (κ2) is 9.23. The summed E-state index contributed by atoms with van der Waals surface area (Å²) in [5.74, 6) is -2.21. The Kier molecular flexibility index (Phi) is 6.49. The van der Waals surface area contributed by atoms with Crippen LogP contribution in [0.3, 0.4) is 0 Å². The maximum atomic E-state index is 12.5. The van der Waals surface area contributed by atoms with E-state index in [9.17, 15) is 14.4 Å². The number of nitrogens with zero attached hydrogens (tertiary/aromatic N) is 1. The number of anilines is 2. The van der Waals surface area contributed by atoms with Crippen molar-refractivity contribution >= 4 is 29.2 Å². The predicted molar refractivity (Wildman–Crippen MR) is 110 cm³/mol. The van der Waals surface area contributed by atoms with E-state index in [0.29, 0.717) is 31.5 Å². The first-order chi connectivity index (χ1) is 13.9. The summed E-state index contributed by atoms with van der Waals surface area (Å²) in [7, 11) is 0. The summed E-state index contributed by atoms with van der Waals surface area (Å²) in [6, 6.07) is 17.0. The van der Waals surface area contributed by atoms with Crippen LogP contribution in [0.5, 0.6) is 0 Å². The van der Waals surface area contributed by atoms with Gasteiger partial charge in [0.15, 0.2) is 0 Å². The van der Waals surface area contributed by atoms with Crippen molar-refractivity contribution in [1.82, 2.24) is 0 Å². The Morgan fingerprint density at radius 1 is 1.03 bits per heavy atom. The molecule has 1 fully saturated rings. The fourth-order valence-corrected chi connectivity index (χ4v) is 3.70. The quantitative estimate of drug-likeness (QED) is 0.636. The standard InChI is InChI=1S/C22H25N3O4/c23-20(26)14-25(13-15-5-2-1-3-6-15)19-8-4-7-18(12-19)24-21(27)16-9-10-17(11-16)22(28)29/h1-8,12,16-17H,9-11,13-14H2,(H2,23,26)(H,24,27)(H,28,29)/t16-,17+/m1/s1. The Hall–Kier alpha value is -3.35. The van der Waals surface area contributed by atoms with Gasteiger partial charge in [0.05, 0.1) is 12.5 Å². The van der Waals surface area contributed by atoms with Crippen LogP contribution in [0.15, 0.2) is 54.6 Å². The Morgan fingerprint density at radius 3 is 2.41 bits per heavy atom. The van der Waals surface area contributed by atoms with Crippen LogP contribution in [0.2, 0.25) is 0 Å². The molecule has 2 aromatic carbocycles. The Labute approximate surface area is 169 Å². The molecule has 0 aromatic heterocycles. The largest absolute Gasteiger partial charge is 0.481 e. The number of amides is 2. The highest BCUT2D eigenvalue weighted by molar-refractivity contribution is 5.93. The van der Waals surface area contributed by atoms with Crippen molar-refractivity contribution in [2.75, 3.05) is 16.8 Å². The van der Waals surface area contributed by atoms with Gasteiger partial charge in [-0.25, -0.2) is 0 Å². The predicted octanol–water partition coefficient (Wildman–Crippen LogP) is 2.62. The van der Waals surface area contributed by atoms with Crippen molar-refractivity contribution in [3.63, 3.8) is 0 Å². The van der Waals surface area contributed by atoms with Gasteiger partial charge in [0, 0.05) is 23.8 Å². The van der Waals surface area contributed by atoms with Crippen molar-refractivity contribution < 1.29 is 19.5 Å². The summed E-state index contributed by atoms with van der Waals surface area (Å²) in [6.45, 7) is 0.555. The van der Waals surface area contributed by atoms with Crippen LogP contribution in [-0.2, 0) is 20.9 Å². The number of hydrogen-bond acceptors (Lipinski definition) is 4. The van der Waals surface area contributed by atoms with Crippen LogP contribution < -0.4 is 16.0 Å². The van der Waals surface area contributed by atoms with Gasteiger partial charge in [0.2, 0.25) is 11.8 Å². The number of rotatable bonds is 8. The van der Waals surface area contributed by atoms with E-state index < -0.39 is 17.8 Å². The number of carboxylic acid groups (broad SMARTS) is 1. The number of carbonyl (C=O) groups is 3. The van der Waals surface area contributed by atoms with E-state index in [1.807, 2.05) is 41.3 Å². The van der Waals surface area contributed by atoms with E-state index in [-0.39, 0.29) is 18.4 Å². The normalized spacial score (nSPS) is 18.2. The highest BCUT2D eigenvalue weighted by atomic mass is 16.4. The number of carboxylic acids is 1. The summed E-state index contributed by atoms with van der Waals surface area (Å²) >= 11 is 0. The number of carbonyl (C=O) groups excluding carboxylic acids is 2. The molecule has 0 spiro atoms. The average Bonchev–Trinajstić information content (AvgIpc) is 3.19. The van der Waals surface area contributed by atoms with Gasteiger partial charge in [-0.1, -0.05) is 36.4 Å². The number of primary amides is 1. The summed E-state index contributed by atoms with van der Waals surface area (Å²) in [5.41, 5.74) is 7.83. The number of hydrogen-bond donors (Lipinski definition) is 3. The van der Waals surface area contributed by atoms with E-state index in [0.717, 1.165) is 11.3 Å². The maximum absolute atomic E-state index is 12.5. The first kappa shape index (κ1) is 20.4. The van der Waals surface area contributed by atoms with Crippen molar-refractivity contribution in [1.29, 1.82) is 0 Å². The lowest BCUT2D eigenvalue weighted by Gasteiger charge is -2.24. The van der Waals surface area contributed by atoms with Gasteiger partial charge in [-0.2, -0.15) is 0 Å². The summed E-state index contributed by atoms with van der Waals surface area (Å²) in [6.07, 6.45) is 1.46. The molecule has 3 rings (SSSR count). The zero-order valence-electron chi connectivity index (χ0n) is 16.1. The molecule has 1 aliphatic carbocycles. The molecule has 7 heteroatoms. The summed E-state index contributed by atoms with van der Waals surface area (Å²) in [5, 5.41) is 12.0. The van der Waals surface area contributed by atoms with Gasteiger partial charge >= 0.3 is 5.97 Å². The van der Waals surface area contributed by atoms with Crippen LogP contribution in [-0.4, -0.2) is 29.4 Å². The molecule has 0 saturated heterocycles. The van der Waals surface area contributed by atoms with Crippen molar-refractivity contribution in [3.8, 4) is 0 Å². The Bertz CT molecular complexity index is 885. The van der Waals surface area contributed by atoms with E-state index in [2.05, 4.69) is 5.32 Å². The zero-order chi connectivity index (χ0) is 20.8. The highest BCUT2D eigenvalue weighted by Gasteiger charge is 2.33. The van der Waals surface area contributed by atoms with E-state index in [4.69, 9.17) is 10.8 Å². The topological polar surface area (TPSA) is 113 Å². The fraction of sp³-hybridized carbons (Fsp3) is 0.318. The third-order valence-corrected chi connectivity index (χ3v) is 5.19. The number of benzene rings is 2. The average molecular weight is 395 g/mol. The van der Waals surface area contributed by atoms with Crippen LogP contribution in [0.4, 0.5) is 11.4 Å². The first-order valence-electron chi connectivity index (χ1n) is 9.63. The number of aliphatic carboxylic acids is 1. The van der Waals surface area contributed by atoms with Crippen molar-refractivity contribution in [3.05, 3.63) is 60.2 Å². The molecule has 2 amide bonds.